The predicted octanol–water partition coefficient (Wildman–Crippen LogP) is 2.76. The quantitative estimate of drug-likeness (QED) is 0.499. The Kier molecular flexibility index (Phi) is 5.49. The van der Waals surface area contributed by atoms with Crippen molar-refractivity contribution in [1.82, 2.24) is 5.43 Å². The summed E-state index contributed by atoms with van der Waals surface area (Å²) in [6.45, 7) is 1.87. The predicted molar refractivity (Wildman–Crippen MR) is 83.1 cm³/mol. The Balaban J connectivity index is 1.89. The zero-order valence-corrected chi connectivity index (χ0v) is 12.3. The number of anilines is 1. The Labute approximate surface area is 124 Å². The molecule has 0 radical (unpaired) electrons. The van der Waals surface area contributed by atoms with Crippen molar-refractivity contribution in [3.63, 3.8) is 0 Å². The van der Waals surface area contributed by atoms with E-state index in [0.717, 1.165) is 37.0 Å². The molecule has 5 heteroatoms. The highest BCUT2D eigenvalue weighted by atomic mass is 16.2. The summed E-state index contributed by atoms with van der Waals surface area (Å²) in [6.07, 6.45) is 6.43. The third kappa shape index (κ3) is 4.70. The number of rotatable bonds is 2. The minimum absolute atomic E-state index is 0.639. The van der Waals surface area contributed by atoms with Crippen LogP contribution in [0.15, 0.2) is 29.4 Å². The molecule has 0 aromatic heterocycles. The van der Waals surface area contributed by atoms with Gasteiger partial charge in [-0.3, -0.25) is 9.59 Å². The second kappa shape index (κ2) is 7.57. The Morgan fingerprint density at radius 3 is 2.33 bits per heavy atom. The highest BCUT2D eigenvalue weighted by molar-refractivity contribution is 6.39. The van der Waals surface area contributed by atoms with E-state index in [1.807, 2.05) is 25.1 Å². The summed E-state index contributed by atoms with van der Waals surface area (Å²) in [6, 6.07) is 7.33. The number of nitrogens with one attached hydrogen (secondary N) is 2. The maximum Gasteiger partial charge on any atom is 0.329 e. The van der Waals surface area contributed by atoms with Gasteiger partial charge in [0.2, 0.25) is 0 Å². The van der Waals surface area contributed by atoms with Crippen molar-refractivity contribution in [2.75, 3.05) is 5.32 Å². The molecule has 1 saturated carbocycles. The van der Waals surface area contributed by atoms with Crippen LogP contribution in [-0.2, 0) is 9.59 Å². The lowest BCUT2D eigenvalue weighted by atomic mass is 10.2. The lowest BCUT2D eigenvalue weighted by Gasteiger charge is -2.07. The summed E-state index contributed by atoms with van der Waals surface area (Å²) in [5, 5.41) is 6.67. The van der Waals surface area contributed by atoms with Crippen LogP contribution >= 0.6 is 0 Å². The fourth-order valence-electron chi connectivity index (χ4n) is 2.32. The summed E-state index contributed by atoms with van der Waals surface area (Å²) in [5.74, 6) is -1.42. The van der Waals surface area contributed by atoms with Crippen molar-refractivity contribution in [1.29, 1.82) is 0 Å². The first-order chi connectivity index (χ1) is 10.2. The Hall–Kier alpha value is -2.17. The van der Waals surface area contributed by atoms with Crippen molar-refractivity contribution >= 4 is 23.2 Å². The zero-order valence-electron chi connectivity index (χ0n) is 12.3. The van der Waals surface area contributed by atoms with E-state index >= 15 is 0 Å². The standard InChI is InChI=1S/C16H21N3O2/c1-12-8-6-7-11-14(12)17-15(20)16(21)19-18-13-9-4-2-3-5-10-13/h6-8,11H,2-5,9-10H2,1H3,(H,17,20)(H,19,21). The van der Waals surface area contributed by atoms with Gasteiger partial charge in [0.15, 0.2) is 0 Å². The molecule has 21 heavy (non-hydrogen) atoms. The van der Waals surface area contributed by atoms with E-state index in [0.29, 0.717) is 5.69 Å². The molecular weight excluding hydrogens is 266 g/mol. The van der Waals surface area contributed by atoms with Crippen molar-refractivity contribution in [3.05, 3.63) is 29.8 Å². The third-order valence-corrected chi connectivity index (χ3v) is 3.60. The number of benzene rings is 1. The van der Waals surface area contributed by atoms with Crippen LogP contribution in [0, 0.1) is 6.92 Å². The van der Waals surface area contributed by atoms with Crippen LogP contribution in [0.4, 0.5) is 5.69 Å². The SMILES string of the molecule is Cc1ccccc1NC(=O)C(=O)NN=C1CCCCCC1. The van der Waals surface area contributed by atoms with Crippen LogP contribution < -0.4 is 10.7 Å². The molecule has 1 fully saturated rings. The number of aryl methyl sites for hydroxylation is 1. The fraction of sp³-hybridized carbons (Fsp3) is 0.438. The molecule has 5 nitrogen and oxygen atoms in total. The fourth-order valence-corrected chi connectivity index (χ4v) is 2.32. The number of para-hydroxylation sites is 1. The smallest absolute Gasteiger partial charge is 0.317 e. The lowest BCUT2D eigenvalue weighted by molar-refractivity contribution is -0.136. The molecule has 2 N–H and O–H groups in total. The van der Waals surface area contributed by atoms with Crippen LogP contribution in [0.1, 0.15) is 44.1 Å². The molecule has 0 atom stereocenters. The number of hydrogen-bond donors (Lipinski definition) is 2. The van der Waals surface area contributed by atoms with Gasteiger partial charge >= 0.3 is 11.8 Å². The largest absolute Gasteiger partial charge is 0.329 e. The minimum atomic E-state index is -0.727. The summed E-state index contributed by atoms with van der Waals surface area (Å²) < 4.78 is 0. The molecule has 2 rings (SSSR count). The molecule has 1 aliphatic carbocycles. The first-order valence-corrected chi connectivity index (χ1v) is 7.39. The van der Waals surface area contributed by atoms with Gasteiger partial charge in [0, 0.05) is 11.4 Å². The maximum atomic E-state index is 11.8. The molecule has 0 unspecified atom stereocenters. The number of carbonyl (C=O) groups excluding carboxylic acids is 2. The zero-order chi connectivity index (χ0) is 15.1. The van der Waals surface area contributed by atoms with Crippen molar-refractivity contribution in [3.8, 4) is 0 Å². The molecule has 112 valence electrons. The molecule has 1 aliphatic rings. The average molecular weight is 287 g/mol. The molecule has 0 spiro atoms. The van der Waals surface area contributed by atoms with Gasteiger partial charge in [0.05, 0.1) is 0 Å². The topological polar surface area (TPSA) is 70.6 Å². The van der Waals surface area contributed by atoms with Gasteiger partial charge in [-0.2, -0.15) is 5.10 Å². The first kappa shape index (κ1) is 15.2. The van der Waals surface area contributed by atoms with E-state index in [4.69, 9.17) is 0 Å². The second-order valence-electron chi connectivity index (χ2n) is 5.30. The molecule has 0 saturated heterocycles. The molecular formula is C16H21N3O2. The van der Waals surface area contributed by atoms with Gasteiger partial charge < -0.3 is 5.32 Å². The number of hydrogen-bond acceptors (Lipinski definition) is 3. The summed E-state index contributed by atoms with van der Waals surface area (Å²) >= 11 is 0. The third-order valence-electron chi connectivity index (χ3n) is 3.60. The number of carbonyl (C=O) groups is 2. The molecule has 0 heterocycles. The van der Waals surface area contributed by atoms with Crippen LogP contribution in [-0.4, -0.2) is 17.5 Å². The summed E-state index contributed by atoms with van der Waals surface area (Å²) in [7, 11) is 0. The van der Waals surface area contributed by atoms with Gasteiger partial charge in [-0.25, -0.2) is 5.43 Å². The van der Waals surface area contributed by atoms with Gasteiger partial charge in [-0.15, -0.1) is 0 Å². The van der Waals surface area contributed by atoms with E-state index in [1.165, 1.54) is 12.8 Å². The maximum absolute atomic E-state index is 11.8. The minimum Gasteiger partial charge on any atom is -0.317 e. The van der Waals surface area contributed by atoms with Gasteiger partial charge in [0.1, 0.15) is 0 Å². The highest BCUT2D eigenvalue weighted by Crippen LogP contribution is 2.15. The molecule has 1 aromatic rings. The Morgan fingerprint density at radius 2 is 1.67 bits per heavy atom. The van der Waals surface area contributed by atoms with E-state index in [-0.39, 0.29) is 0 Å². The normalized spacial score (nSPS) is 15.0. The second-order valence-corrected chi connectivity index (χ2v) is 5.30. The summed E-state index contributed by atoms with van der Waals surface area (Å²) in [4.78, 5) is 23.6. The lowest BCUT2D eigenvalue weighted by Crippen LogP contribution is -2.33. The van der Waals surface area contributed by atoms with Crippen molar-refractivity contribution < 1.29 is 9.59 Å². The molecule has 0 aliphatic heterocycles. The van der Waals surface area contributed by atoms with Crippen LogP contribution in [0.2, 0.25) is 0 Å². The average Bonchev–Trinajstić information content (AvgIpc) is 2.75. The Morgan fingerprint density at radius 1 is 1.00 bits per heavy atom. The van der Waals surface area contributed by atoms with Gasteiger partial charge in [-0.05, 0) is 44.2 Å². The number of amides is 2. The van der Waals surface area contributed by atoms with Crippen molar-refractivity contribution in [2.45, 2.75) is 45.4 Å². The summed E-state index contributed by atoms with van der Waals surface area (Å²) in [5.41, 5.74) is 4.88. The van der Waals surface area contributed by atoms with Crippen LogP contribution in [0.25, 0.3) is 0 Å². The Bertz CT molecular complexity index is 542. The highest BCUT2D eigenvalue weighted by Gasteiger charge is 2.14. The number of nitrogens with zero attached hydrogens (tertiary/aromatic N) is 1. The van der Waals surface area contributed by atoms with E-state index < -0.39 is 11.8 Å². The van der Waals surface area contributed by atoms with Crippen molar-refractivity contribution in [2.24, 2.45) is 5.10 Å². The van der Waals surface area contributed by atoms with E-state index in [2.05, 4.69) is 15.8 Å². The molecule has 1 aromatic carbocycles. The molecule has 0 bridgehead atoms. The van der Waals surface area contributed by atoms with Gasteiger partial charge in [-0.1, -0.05) is 31.0 Å². The monoisotopic (exact) mass is 287 g/mol. The van der Waals surface area contributed by atoms with E-state index in [1.54, 1.807) is 6.07 Å². The van der Waals surface area contributed by atoms with Gasteiger partial charge in [0.25, 0.3) is 0 Å². The van der Waals surface area contributed by atoms with Crippen LogP contribution in [0.3, 0.4) is 0 Å². The first-order valence-electron chi connectivity index (χ1n) is 7.39. The number of hydrazone groups is 1. The van der Waals surface area contributed by atoms with Crippen LogP contribution in [0.5, 0.6) is 0 Å². The molecule has 2 amide bonds. The van der Waals surface area contributed by atoms with E-state index in [9.17, 15) is 9.59 Å².